The van der Waals surface area contributed by atoms with Gasteiger partial charge in [-0.25, -0.2) is 4.98 Å². The molecule has 1 aromatic heterocycles. The second-order valence-corrected chi connectivity index (χ2v) is 5.37. The molecule has 0 bridgehead atoms. The van der Waals surface area contributed by atoms with Crippen LogP contribution in [0.15, 0.2) is 24.5 Å². The zero-order valence-corrected chi connectivity index (χ0v) is 11.3. The van der Waals surface area contributed by atoms with Crippen molar-refractivity contribution in [1.29, 1.82) is 5.26 Å². The van der Waals surface area contributed by atoms with Gasteiger partial charge < -0.3 is 9.88 Å². The number of hydrogen-bond donors (Lipinski definition) is 1. The van der Waals surface area contributed by atoms with Gasteiger partial charge in [-0.1, -0.05) is 0 Å². The van der Waals surface area contributed by atoms with Crippen LogP contribution in [0.1, 0.15) is 27.2 Å². The van der Waals surface area contributed by atoms with E-state index >= 15 is 0 Å². The highest BCUT2D eigenvalue weighted by molar-refractivity contribution is 5.94. The van der Waals surface area contributed by atoms with Gasteiger partial charge in [0, 0.05) is 11.2 Å². The van der Waals surface area contributed by atoms with Crippen LogP contribution in [0.4, 0.5) is 5.69 Å². The molecule has 0 aliphatic carbocycles. The topological polar surface area (TPSA) is 70.7 Å². The van der Waals surface area contributed by atoms with Crippen LogP contribution >= 0.6 is 0 Å². The summed E-state index contributed by atoms with van der Waals surface area (Å²) >= 11 is 0. The van der Waals surface area contributed by atoms with Crippen molar-refractivity contribution in [1.82, 2.24) is 9.55 Å². The third-order valence-corrected chi connectivity index (χ3v) is 2.79. The lowest BCUT2D eigenvalue weighted by molar-refractivity contribution is -0.115. The Hall–Kier alpha value is -2.35. The molecule has 0 atom stereocenters. The third kappa shape index (κ3) is 2.74. The van der Waals surface area contributed by atoms with Crippen molar-refractivity contribution in [2.75, 3.05) is 5.32 Å². The number of carbonyl (C=O) groups excluding carboxylic acids is 1. The lowest BCUT2D eigenvalue weighted by Gasteiger charge is -2.21. The van der Waals surface area contributed by atoms with Gasteiger partial charge in [-0.2, -0.15) is 5.26 Å². The highest BCUT2D eigenvalue weighted by Gasteiger charge is 2.16. The first-order valence-corrected chi connectivity index (χ1v) is 6.06. The van der Waals surface area contributed by atoms with E-state index in [1.54, 1.807) is 6.33 Å². The van der Waals surface area contributed by atoms with Crippen molar-refractivity contribution in [2.45, 2.75) is 32.7 Å². The molecular weight excluding hydrogens is 240 g/mol. The molecule has 2 rings (SSSR count). The van der Waals surface area contributed by atoms with E-state index in [2.05, 4.69) is 35.6 Å². The van der Waals surface area contributed by atoms with Gasteiger partial charge in [0.15, 0.2) is 0 Å². The van der Waals surface area contributed by atoms with Gasteiger partial charge >= 0.3 is 0 Å². The van der Waals surface area contributed by atoms with Crippen molar-refractivity contribution in [3.63, 3.8) is 0 Å². The van der Waals surface area contributed by atoms with Gasteiger partial charge in [0.25, 0.3) is 0 Å². The SMILES string of the molecule is CC(C)(C)n1cnc2cc(NC(=O)CC#N)ccc21. The van der Waals surface area contributed by atoms with E-state index in [1.807, 2.05) is 24.3 Å². The average Bonchev–Trinajstić information content (AvgIpc) is 2.71. The van der Waals surface area contributed by atoms with E-state index in [0.29, 0.717) is 5.69 Å². The number of benzene rings is 1. The summed E-state index contributed by atoms with van der Waals surface area (Å²) in [6.45, 7) is 6.32. The normalized spacial score (nSPS) is 11.3. The van der Waals surface area contributed by atoms with Gasteiger partial charge in [-0.3, -0.25) is 4.79 Å². The Bertz CT molecular complexity index is 658. The molecule has 1 heterocycles. The maximum Gasteiger partial charge on any atom is 0.238 e. The molecule has 19 heavy (non-hydrogen) atoms. The first-order valence-electron chi connectivity index (χ1n) is 6.06. The second-order valence-electron chi connectivity index (χ2n) is 5.37. The van der Waals surface area contributed by atoms with Gasteiger partial charge in [0.05, 0.1) is 23.4 Å². The Kier molecular flexibility index (Phi) is 3.26. The summed E-state index contributed by atoms with van der Waals surface area (Å²) in [5.74, 6) is -0.308. The van der Waals surface area contributed by atoms with Crippen molar-refractivity contribution >= 4 is 22.6 Å². The van der Waals surface area contributed by atoms with Crippen LogP contribution in [-0.4, -0.2) is 15.5 Å². The molecule has 5 heteroatoms. The average molecular weight is 256 g/mol. The maximum atomic E-state index is 11.4. The van der Waals surface area contributed by atoms with Crippen molar-refractivity contribution in [2.24, 2.45) is 0 Å². The van der Waals surface area contributed by atoms with E-state index in [0.717, 1.165) is 11.0 Å². The number of anilines is 1. The lowest BCUT2D eigenvalue weighted by atomic mass is 10.1. The predicted octanol–water partition coefficient (Wildman–Crippen LogP) is 2.64. The smallest absolute Gasteiger partial charge is 0.238 e. The summed E-state index contributed by atoms with van der Waals surface area (Å²) in [7, 11) is 0. The molecule has 1 aromatic carbocycles. The molecule has 1 N–H and O–H groups in total. The third-order valence-electron chi connectivity index (χ3n) is 2.79. The summed E-state index contributed by atoms with van der Waals surface area (Å²) in [4.78, 5) is 15.7. The molecule has 0 aliphatic rings. The van der Waals surface area contributed by atoms with Crippen LogP contribution in [0.3, 0.4) is 0 Å². The number of aromatic nitrogens is 2. The summed E-state index contributed by atoms with van der Waals surface area (Å²) in [5, 5.41) is 11.1. The molecule has 0 aliphatic heterocycles. The van der Waals surface area contributed by atoms with Gasteiger partial charge in [-0.15, -0.1) is 0 Å². The molecule has 0 fully saturated rings. The van der Waals surface area contributed by atoms with Crippen LogP contribution in [0.2, 0.25) is 0 Å². The quantitative estimate of drug-likeness (QED) is 0.897. The van der Waals surface area contributed by atoms with Crippen molar-refractivity contribution < 1.29 is 4.79 Å². The summed E-state index contributed by atoms with van der Waals surface area (Å²) < 4.78 is 2.09. The van der Waals surface area contributed by atoms with Crippen LogP contribution in [0.5, 0.6) is 0 Å². The minimum Gasteiger partial charge on any atom is -0.325 e. The van der Waals surface area contributed by atoms with Gasteiger partial charge in [-0.05, 0) is 39.0 Å². The van der Waals surface area contributed by atoms with E-state index < -0.39 is 0 Å². The lowest BCUT2D eigenvalue weighted by Crippen LogP contribution is -2.20. The fourth-order valence-corrected chi connectivity index (χ4v) is 1.90. The Morgan fingerprint density at radius 2 is 2.21 bits per heavy atom. The Morgan fingerprint density at radius 1 is 1.47 bits per heavy atom. The molecule has 0 spiro atoms. The summed E-state index contributed by atoms with van der Waals surface area (Å²) in [5.41, 5.74) is 2.46. The van der Waals surface area contributed by atoms with E-state index in [9.17, 15) is 4.79 Å². The highest BCUT2D eigenvalue weighted by atomic mass is 16.1. The highest BCUT2D eigenvalue weighted by Crippen LogP contribution is 2.24. The van der Waals surface area contributed by atoms with Crippen molar-refractivity contribution in [3.8, 4) is 6.07 Å². The molecule has 1 amide bonds. The van der Waals surface area contributed by atoms with E-state index in [1.165, 1.54) is 0 Å². The van der Waals surface area contributed by atoms with Crippen LogP contribution in [0, 0.1) is 11.3 Å². The number of nitrogens with one attached hydrogen (secondary N) is 1. The fraction of sp³-hybridized carbons (Fsp3) is 0.357. The number of nitrogens with zero attached hydrogens (tertiary/aromatic N) is 3. The Balaban J connectivity index is 2.34. The summed E-state index contributed by atoms with van der Waals surface area (Å²) in [6, 6.07) is 7.38. The first kappa shape index (κ1) is 13.1. The minimum absolute atomic E-state index is 0.0413. The number of carbonyl (C=O) groups is 1. The van der Waals surface area contributed by atoms with E-state index in [-0.39, 0.29) is 17.9 Å². The molecule has 0 radical (unpaired) electrons. The monoisotopic (exact) mass is 256 g/mol. The van der Waals surface area contributed by atoms with Gasteiger partial charge in [0.1, 0.15) is 6.42 Å². The molecular formula is C14H16N4O. The number of nitriles is 1. The van der Waals surface area contributed by atoms with E-state index in [4.69, 9.17) is 5.26 Å². The van der Waals surface area contributed by atoms with Crippen LogP contribution in [-0.2, 0) is 10.3 Å². The number of amides is 1. The fourth-order valence-electron chi connectivity index (χ4n) is 1.90. The van der Waals surface area contributed by atoms with Crippen LogP contribution in [0.25, 0.3) is 11.0 Å². The molecule has 0 saturated heterocycles. The Morgan fingerprint density at radius 3 is 2.84 bits per heavy atom. The molecule has 2 aromatic rings. The standard InChI is InChI=1S/C14H16N4O/c1-14(2,3)18-9-16-11-8-10(4-5-12(11)18)17-13(19)6-7-15/h4-5,8-9H,6H2,1-3H3,(H,17,19). The number of imidazole rings is 1. The predicted molar refractivity (Wildman–Crippen MR) is 73.6 cm³/mol. The zero-order chi connectivity index (χ0) is 14.0. The van der Waals surface area contributed by atoms with Gasteiger partial charge in [0.2, 0.25) is 5.91 Å². The maximum absolute atomic E-state index is 11.4. The molecule has 5 nitrogen and oxygen atoms in total. The Labute approximate surface area is 111 Å². The number of fused-ring (bicyclic) bond motifs is 1. The molecule has 0 saturated carbocycles. The molecule has 98 valence electrons. The zero-order valence-electron chi connectivity index (χ0n) is 11.3. The molecule has 0 unspecified atom stereocenters. The second kappa shape index (κ2) is 4.73. The van der Waals surface area contributed by atoms with Crippen molar-refractivity contribution in [3.05, 3.63) is 24.5 Å². The minimum atomic E-state index is -0.308. The number of rotatable bonds is 2. The summed E-state index contributed by atoms with van der Waals surface area (Å²) in [6.07, 6.45) is 1.65. The van der Waals surface area contributed by atoms with Crippen LogP contribution < -0.4 is 5.32 Å². The first-order chi connectivity index (χ1) is 8.91. The largest absolute Gasteiger partial charge is 0.325 e. The number of hydrogen-bond acceptors (Lipinski definition) is 3.